The largest absolute Gasteiger partial charge is 0.543 e. The summed E-state index contributed by atoms with van der Waals surface area (Å²) in [5.41, 5.74) is 0. The first-order valence-corrected chi connectivity index (χ1v) is 13.7. The van der Waals surface area contributed by atoms with Gasteiger partial charge in [0, 0.05) is 0 Å². The molecule has 4 saturated carbocycles. The minimum Gasteiger partial charge on any atom is -0.543 e. The van der Waals surface area contributed by atoms with Crippen LogP contribution in [-0.2, 0) is 9.59 Å². The number of aliphatic carboxylic acids is 2. The molecule has 0 saturated heterocycles. The van der Waals surface area contributed by atoms with Gasteiger partial charge in [0.1, 0.15) is 0 Å². The van der Waals surface area contributed by atoms with Crippen LogP contribution in [0.3, 0.4) is 0 Å². The lowest BCUT2D eigenvalue weighted by molar-refractivity contribution is -0.726. The Bertz CT molecular complexity index is 426. The molecule has 4 aliphatic rings. The summed E-state index contributed by atoms with van der Waals surface area (Å²) in [5.74, 6) is -4.37. The van der Waals surface area contributed by atoms with E-state index in [1.807, 2.05) is 0 Å². The fourth-order valence-corrected chi connectivity index (χ4v) is 6.08. The third kappa shape index (κ3) is 12.2. The molecule has 0 aromatic rings. The lowest BCUT2D eigenvalue weighted by atomic mass is 9.91. The van der Waals surface area contributed by atoms with Gasteiger partial charge in [0.2, 0.25) is 0 Å². The van der Waals surface area contributed by atoms with Gasteiger partial charge in [-0.1, -0.05) is 25.7 Å². The van der Waals surface area contributed by atoms with Crippen molar-refractivity contribution >= 4 is 11.9 Å². The van der Waals surface area contributed by atoms with Gasteiger partial charge in [-0.25, -0.2) is 0 Å². The van der Waals surface area contributed by atoms with E-state index >= 15 is 0 Å². The second-order valence-electron chi connectivity index (χ2n) is 10.6. The molecule has 0 radical (unpaired) electrons. The lowest BCUT2D eigenvalue weighted by Gasteiger charge is -2.27. The topological polar surface area (TPSA) is 113 Å². The number of carbonyl (C=O) groups is 2. The molecule has 4 rings (SSSR count). The molecular formula is C26H48N2O4. The first-order chi connectivity index (χ1) is 15.5. The summed E-state index contributed by atoms with van der Waals surface area (Å²) in [6.45, 7) is 0. The zero-order valence-electron chi connectivity index (χ0n) is 20.2. The number of rotatable bonds is 4. The van der Waals surface area contributed by atoms with Crippen LogP contribution in [0.25, 0.3) is 0 Å². The van der Waals surface area contributed by atoms with Crippen molar-refractivity contribution in [2.45, 2.75) is 153 Å². The van der Waals surface area contributed by atoms with Crippen LogP contribution >= 0.6 is 0 Å². The predicted molar refractivity (Wildman–Crippen MR) is 121 cm³/mol. The van der Waals surface area contributed by atoms with Gasteiger partial charge in [0.05, 0.1) is 36.1 Å². The molecular weight excluding hydrogens is 404 g/mol. The summed E-state index contributed by atoms with van der Waals surface area (Å²) < 4.78 is 0. The fraction of sp³-hybridized carbons (Fsp3) is 0.923. The SMILES string of the molecule is C1CCC([NH2+]C2CCCCC2)CC1.C1CCC([NH2+]C2CCCCC2)CC1.O=C([O-])C(=O)[O-]. The van der Waals surface area contributed by atoms with Gasteiger partial charge in [-0.05, 0) is 103 Å². The third-order valence-corrected chi connectivity index (χ3v) is 7.85. The maximum Gasteiger partial charge on any atom is 0.0870 e. The summed E-state index contributed by atoms with van der Waals surface area (Å²) in [6, 6.07) is 3.99. The molecule has 0 bridgehead atoms. The van der Waals surface area contributed by atoms with Gasteiger partial charge in [0.15, 0.2) is 0 Å². The monoisotopic (exact) mass is 452 g/mol. The molecule has 0 atom stereocenters. The Morgan fingerprint density at radius 2 is 0.594 bits per heavy atom. The molecule has 4 aliphatic carbocycles. The highest BCUT2D eigenvalue weighted by atomic mass is 16.4. The quantitative estimate of drug-likeness (QED) is 0.617. The van der Waals surface area contributed by atoms with Crippen molar-refractivity contribution in [2.75, 3.05) is 0 Å². The van der Waals surface area contributed by atoms with Crippen LogP contribution in [0.15, 0.2) is 0 Å². The van der Waals surface area contributed by atoms with Crippen molar-refractivity contribution in [3.05, 3.63) is 0 Å². The van der Waals surface area contributed by atoms with Crippen molar-refractivity contribution in [2.24, 2.45) is 0 Å². The normalized spacial score (nSPS) is 23.9. The van der Waals surface area contributed by atoms with Crippen molar-refractivity contribution in [1.29, 1.82) is 0 Å². The van der Waals surface area contributed by atoms with E-state index in [0.29, 0.717) is 0 Å². The van der Waals surface area contributed by atoms with Crippen LogP contribution in [0, 0.1) is 0 Å². The highest BCUT2D eigenvalue weighted by Gasteiger charge is 2.23. The third-order valence-electron chi connectivity index (χ3n) is 7.85. The Kier molecular flexibility index (Phi) is 14.0. The molecule has 186 valence electrons. The number of hydrogen-bond donors (Lipinski definition) is 2. The average molecular weight is 453 g/mol. The molecule has 6 nitrogen and oxygen atoms in total. The van der Waals surface area contributed by atoms with E-state index in [1.165, 1.54) is 128 Å². The van der Waals surface area contributed by atoms with Crippen molar-refractivity contribution < 1.29 is 30.4 Å². The minimum atomic E-state index is -2.19. The Hall–Kier alpha value is -1.14. The van der Waals surface area contributed by atoms with Crippen molar-refractivity contribution in [1.82, 2.24) is 0 Å². The Morgan fingerprint density at radius 1 is 0.406 bits per heavy atom. The molecule has 0 spiro atoms. The van der Waals surface area contributed by atoms with E-state index in [2.05, 4.69) is 10.6 Å². The lowest BCUT2D eigenvalue weighted by Crippen LogP contribution is -2.95. The summed E-state index contributed by atoms with van der Waals surface area (Å²) in [5, 5.41) is 23.3. The molecule has 0 aromatic heterocycles. The zero-order valence-corrected chi connectivity index (χ0v) is 20.2. The molecule has 0 unspecified atom stereocenters. The second kappa shape index (κ2) is 16.5. The molecule has 0 heterocycles. The van der Waals surface area contributed by atoms with E-state index in [0.717, 1.165) is 24.2 Å². The highest BCUT2D eigenvalue weighted by molar-refractivity contribution is 6.25. The van der Waals surface area contributed by atoms with Gasteiger partial charge in [0.25, 0.3) is 0 Å². The number of carbonyl (C=O) groups excluding carboxylic acids is 2. The van der Waals surface area contributed by atoms with Gasteiger partial charge in [-0.15, -0.1) is 0 Å². The van der Waals surface area contributed by atoms with Gasteiger partial charge >= 0.3 is 0 Å². The molecule has 0 aliphatic heterocycles. The molecule has 4 fully saturated rings. The summed E-state index contributed by atoms with van der Waals surface area (Å²) in [4.78, 5) is 17.9. The van der Waals surface area contributed by atoms with Crippen LogP contribution in [0.2, 0.25) is 0 Å². The summed E-state index contributed by atoms with van der Waals surface area (Å²) >= 11 is 0. The van der Waals surface area contributed by atoms with Gasteiger partial charge < -0.3 is 30.4 Å². The zero-order chi connectivity index (χ0) is 23.0. The molecule has 4 N–H and O–H groups in total. The molecule has 32 heavy (non-hydrogen) atoms. The first-order valence-electron chi connectivity index (χ1n) is 13.7. The van der Waals surface area contributed by atoms with E-state index in [1.54, 1.807) is 0 Å². The number of carboxylic acid groups (broad SMARTS) is 2. The Morgan fingerprint density at radius 3 is 0.750 bits per heavy atom. The maximum atomic E-state index is 8.93. The number of nitrogens with two attached hydrogens (primary N) is 2. The Balaban J connectivity index is 0.000000183. The maximum absolute atomic E-state index is 8.93. The number of quaternary nitrogens is 2. The number of carboxylic acids is 2. The smallest absolute Gasteiger partial charge is 0.0870 e. The predicted octanol–water partition coefficient (Wildman–Crippen LogP) is 0.917. The second-order valence-corrected chi connectivity index (χ2v) is 10.6. The van der Waals surface area contributed by atoms with E-state index in [-0.39, 0.29) is 0 Å². The molecule has 6 heteroatoms. The number of hydrogen-bond acceptors (Lipinski definition) is 4. The van der Waals surface area contributed by atoms with Crippen molar-refractivity contribution in [3.8, 4) is 0 Å². The summed E-state index contributed by atoms with van der Waals surface area (Å²) in [6.07, 6.45) is 29.9. The van der Waals surface area contributed by atoms with Crippen LogP contribution in [0.1, 0.15) is 128 Å². The Labute approximate surface area is 195 Å². The van der Waals surface area contributed by atoms with Crippen molar-refractivity contribution in [3.63, 3.8) is 0 Å². The van der Waals surface area contributed by atoms with Gasteiger partial charge in [-0.3, -0.25) is 0 Å². The van der Waals surface area contributed by atoms with Crippen LogP contribution < -0.4 is 20.8 Å². The highest BCUT2D eigenvalue weighted by Crippen LogP contribution is 2.19. The molecule has 0 amide bonds. The van der Waals surface area contributed by atoms with E-state index < -0.39 is 11.9 Å². The van der Waals surface area contributed by atoms with Crippen LogP contribution in [0.5, 0.6) is 0 Å². The van der Waals surface area contributed by atoms with Crippen LogP contribution in [-0.4, -0.2) is 36.1 Å². The van der Waals surface area contributed by atoms with Gasteiger partial charge in [-0.2, -0.15) is 0 Å². The first kappa shape index (κ1) is 27.1. The van der Waals surface area contributed by atoms with E-state index in [9.17, 15) is 0 Å². The minimum absolute atomic E-state index is 0.997. The standard InChI is InChI=1S/2C12H23N.C2H2O4/c2*1-3-7-11(8-4-1)13-12-9-5-2-6-10-12;3-1(4)2(5)6/h2*11-13H,1-10H2;(H,3,4)(H,5,6). The van der Waals surface area contributed by atoms with E-state index in [4.69, 9.17) is 19.8 Å². The molecule has 0 aromatic carbocycles. The average Bonchev–Trinajstić information content (AvgIpc) is 2.83. The van der Waals surface area contributed by atoms with Crippen LogP contribution in [0.4, 0.5) is 0 Å². The summed E-state index contributed by atoms with van der Waals surface area (Å²) in [7, 11) is 0. The fourth-order valence-electron chi connectivity index (χ4n) is 6.08.